The summed E-state index contributed by atoms with van der Waals surface area (Å²) in [6.45, 7) is 6.50. The van der Waals surface area contributed by atoms with Crippen molar-refractivity contribution in [3.8, 4) is 11.8 Å². The van der Waals surface area contributed by atoms with Gasteiger partial charge >= 0.3 is 0 Å². The molecule has 0 heterocycles. The van der Waals surface area contributed by atoms with Gasteiger partial charge in [0.1, 0.15) is 17.4 Å². The minimum absolute atomic E-state index is 0.0180. The van der Waals surface area contributed by atoms with E-state index in [-0.39, 0.29) is 5.57 Å². The molecule has 2 rings (SSSR count). The van der Waals surface area contributed by atoms with Gasteiger partial charge in [-0.15, -0.1) is 0 Å². The van der Waals surface area contributed by atoms with Crippen molar-refractivity contribution in [1.82, 2.24) is 0 Å². The van der Waals surface area contributed by atoms with Crippen molar-refractivity contribution in [3.05, 3.63) is 63.1 Å². The number of carbonyl (C=O) groups is 1. The number of amides is 1. The summed E-state index contributed by atoms with van der Waals surface area (Å²) in [5.41, 5.74) is 3.46. The molecule has 0 fully saturated rings. The standard InChI is InChI=1S/C21H21BrN2O2/c1-4-9-26-20-8-6-18(22)12-16(20)11-17(13-23)21(25)24-19-7-5-14(2)10-15(19)3/h5-8,10-12H,4,9H2,1-3H3,(H,24,25)/b17-11+. The lowest BCUT2D eigenvalue weighted by molar-refractivity contribution is -0.112. The number of hydrogen-bond donors (Lipinski definition) is 1. The van der Waals surface area contributed by atoms with Gasteiger partial charge in [0.15, 0.2) is 0 Å². The Bertz CT molecular complexity index is 882. The zero-order valence-electron chi connectivity index (χ0n) is 15.1. The lowest BCUT2D eigenvalue weighted by Gasteiger charge is -2.11. The van der Waals surface area contributed by atoms with Gasteiger partial charge in [0.2, 0.25) is 0 Å². The number of ether oxygens (including phenoxy) is 1. The van der Waals surface area contributed by atoms with Crippen molar-refractivity contribution >= 4 is 33.6 Å². The fourth-order valence-electron chi connectivity index (χ4n) is 2.42. The van der Waals surface area contributed by atoms with Crippen LogP contribution in [-0.4, -0.2) is 12.5 Å². The Balaban J connectivity index is 2.31. The highest BCUT2D eigenvalue weighted by molar-refractivity contribution is 9.10. The van der Waals surface area contributed by atoms with Gasteiger partial charge in [-0.05, 0) is 56.2 Å². The average molecular weight is 413 g/mol. The van der Waals surface area contributed by atoms with E-state index < -0.39 is 5.91 Å². The SMILES string of the molecule is CCCOc1ccc(Br)cc1/C=C(\C#N)C(=O)Nc1ccc(C)cc1C. The Hall–Kier alpha value is -2.58. The van der Waals surface area contributed by atoms with Gasteiger partial charge in [-0.3, -0.25) is 4.79 Å². The highest BCUT2D eigenvalue weighted by Crippen LogP contribution is 2.26. The minimum atomic E-state index is -0.444. The van der Waals surface area contributed by atoms with Crippen molar-refractivity contribution in [2.45, 2.75) is 27.2 Å². The Morgan fingerprint density at radius 1 is 1.27 bits per heavy atom. The molecule has 0 aliphatic heterocycles. The van der Waals surface area contributed by atoms with E-state index >= 15 is 0 Å². The number of nitriles is 1. The van der Waals surface area contributed by atoms with Crippen LogP contribution in [0.2, 0.25) is 0 Å². The van der Waals surface area contributed by atoms with Crippen LogP contribution in [0.4, 0.5) is 5.69 Å². The number of aryl methyl sites for hydroxylation is 2. The van der Waals surface area contributed by atoms with Crippen LogP contribution in [0.15, 0.2) is 46.4 Å². The molecule has 0 unspecified atom stereocenters. The largest absolute Gasteiger partial charge is 0.493 e. The number of hydrogen-bond acceptors (Lipinski definition) is 3. The zero-order chi connectivity index (χ0) is 19.1. The maximum Gasteiger partial charge on any atom is 0.266 e. The van der Waals surface area contributed by atoms with E-state index in [1.165, 1.54) is 0 Å². The molecule has 2 aromatic carbocycles. The van der Waals surface area contributed by atoms with E-state index in [0.29, 0.717) is 23.6 Å². The molecule has 5 heteroatoms. The fraction of sp³-hybridized carbons (Fsp3) is 0.238. The Morgan fingerprint density at radius 2 is 2.04 bits per heavy atom. The Morgan fingerprint density at radius 3 is 2.69 bits per heavy atom. The molecule has 0 aromatic heterocycles. The van der Waals surface area contributed by atoms with E-state index in [9.17, 15) is 10.1 Å². The molecule has 0 aliphatic rings. The van der Waals surface area contributed by atoms with Gasteiger partial charge in [-0.1, -0.05) is 40.5 Å². The summed E-state index contributed by atoms with van der Waals surface area (Å²) in [7, 11) is 0. The average Bonchev–Trinajstić information content (AvgIpc) is 2.61. The van der Waals surface area contributed by atoms with Crippen LogP contribution in [0, 0.1) is 25.2 Å². The second-order valence-corrected chi connectivity index (χ2v) is 6.89. The third kappa shape index (κ3) is 5.21. The first kappa shape index (κ1) is 19.7. The number of halogens is 1. The van der Waals surface area contributed by atoms with Gasteiger partial charge in [-0.25, -0.2) is 0 Å². The number of anilines is 1. The van der Waals surface area contributed by atoms with E-state index in [2.05, 4.69) is 21.2 Å². The van der Waals surface area contributed by atoms with Crippen molar-refractivity contribution in [3.63, 3.8) is 0 Å². The predicted molar refractivity (Wildman–Crippen MR) is 108 cm³/mol. The number of nitrogens with zero attached hydrogens (tertiary/aromatic N) is 1. The molecule has 2 aromatic rings. The second kappa shape index (κ2) is 9.21. The summed E-state index contributed by atoms with van der Waals surface area (Å²) in [6, 6.07) is 13.2. The molecule has 134 valence electrons. The molecule has 0 atom stereocenters. The molecule has 0 aliphatic carbocycles. The van der Waals surface area contributed by atoms with Gasteiger partial charge in [0.05, 0.1) is 6.61 Å². The summed E-state index contributed by atoms with van der Waals surface area (Å²) in [5, 5.41) is 12.3. The number of rotatable bonds is 6. The third-order valence-electron chi connectivity index (χ3n) is 3.73. The predicted octanol–water partition coefficient (Wildman–Crippen LogP) is 5.40. The van der Waals surface area contributed by atoms with Crippen molar-refractivity contribution in [2.24, 2.45) is 0 Å². The maximum atomic E-state index is 12.5. The second-order valence-electron chi connectivity index (χ2n) is 5.97. The van der Waals surface area contributed by atoms with Gasteiger partial charge in [-0.2, -0.15) is 5.26 Å². The fourth-order valence-corrected chi connectivity index (χ4v) is 2.80. The molecular weight excluding hydrogens is 392 g/mol. The Labute approximate surface area is 162 Å². The molecule has 0 bridgehead atoms. The normalized spacial score (nSPS) is 11.0. The smallest absolute Gasteiger partial charge is 0.266 e. The van der Waals surface area contributed by atoms with E-state index in [0.717, 1.165) is 22.0 Å². The zero-order valence-corrected chi connectivity index (χ0v) is 16.7. The lowest BCUT2D eigenvalue weighted by Crippen LogP contribution is -2.14. The first-order valence-electron chi connectivity index (χ1n) is 8.37. The van der Waals surface area contributed by atoms with Crippen molar-refractivity contribution in [1.29, 1.82) is 5.26 Å². The van der Waals surface area contributed by atoms with Crippen molar-refractivity contribution in [2.75, 3.05) is 11.9 Å². The topological polar surface area (TPSA) is 62.1 Å². The van der Waals surface area contributed by atoms with Crippen LogP contribution in [0.25, 0.3) is 6.08 Å². The molecule has 4 nitrogen and oxygen atoms in total. The van der Waals surface area contributed by atoms with E-state index in [1.807, 2.05) is 63.2 Å². The third-order valence-corrected chi connectivity index (χ3v) is 4.22. The molecule has 1 N–H and O–H groups in total. The van der Waals surface area contributed by atoms with Gasteiger partial charge in [0, 0.05) is 15.7 Å². The van der Waals surface area contributed by atoms with Crippen LogP contribution in [0.5, 0.6) is 5.75 Å². The lowest BCUT2D eigenvalue weighted by atomic mass is 10.1. The molecular formula is C21H21BrN2O2. The summed E-state index contributed by atoms with van der Waals surface area (Å²) in [5.74, 6) is 0.197. The quantitative estimate of drug-likeness (QED) is 0.510. The number of carbonyl (C=O) groups excluding carboxylic acids is 1. The number of nitrogens with one attached hydrogen (secondary N) is 1. The summed E-state index contributed by atoms with van der Waals surface area (Å²) >= 11 is 3.42. The van der Waals surface area contributed by atoms with Crippen LogP contribution in [-0.2, 0) is 4.79 Å². The van der Waals surface area contributed by atoms with Crippen LogP contribution in [0.3, 0.4) is 0 Å². The highest BCUT2D eigenvalue weighted by Gasteiger charge is 2.13. The molecule has 1 amide bonds. The number of benzene rings is 2. The monoisotopic (exact) mass is 412 g/mol. The molecule has 0 saturated heterocycles. The van der Waals surface area contributed by atoms with Crippen LogP contribution in [0.1, 0.15) is 30.0 Å². The van der Waals surface area contributed by atoms with E-state index in [4.69, 9.17) is 4.74 Å². The summed E-state index contributed by atoms with van der Waals surface area (Å²) in [4.78, 5) is 12.5. The summed E-state index contributed by atoms with van der Waals surface area (Å²) < 4.78 is 6.56. The molecule has 26 heavy (non-hydrogen) atoms. The molecule has 0 radical (unpaired) electrons. The first-order chi connectivity index (χ1) is 12.4. The van der Waals surface area contributed by atoms with Crippen LogP contribution < -0.4 is 10.1 Å². The summed E-state index contributed by atoms with van der Waals surface area (Å²) in [6.07, 6.45) is 2.42. The first-order valence-corrected chi connectivity index (χ1v) is 9.16. The van der Waals surface area contributed by atoms with Crippen molar-refractivity contribution < 1.29 is 9.53 Å². The maximum absolute atomic E-state index is 12.5. The van der Waals surface area contributed by atoms with Gasteiger partial charge < -0.3 is 10.1 Å². The van der Waals surface area contributed by atoms with Crippen LogP contribution >= 0.6 is 15.9 Å². The Kier molecular flexibility index (Phi) is 6.99. The molecule has 0 spiro atoms. The molecule has 0 saturated carbocycles. The highest BCUT2D eigenvalue weighted by atomic mass is 79.9. The van der Waals surface area contributed by atoms with Gasteiger partial charge in [0.25, 0.3) is 5.91 Å². The van der Waals surface area contributed by atoms with E-state index in [1.54, 1.807) is 6.08 Å². The minimum Gasteiger partial charge on any atom is -0.493 e.